The van der Waals surface area contributed by atoms with E-state index in [0.29, 0.717) is 6.54 Å². The summed E-state index contributed by atoms with van der Waals surface area (Å²) in [5.74, 6) is -0.409. The number of fused-ring (bicyclic) bond motifs is 1. The molecule has 8 heteroatoms. The number of esters is 1. The van der Waals surface area contributed by atoms with Crippen LogP contribution in [0, 0.1) is 0 Å². The van der Waals surface area contributed by atoms with Crippen LogP contribution in [-0.4, -0.2) is 51.4 Å². The van der Waals surface area contributed by atoms with Crippen LogP contribution in [0.5, 0.6) is 0 Å². The fourth-order valence-corrected chi connectivity index (χ4v) is 3.14. The molecule has 0 aromatic carbocycles. The summed E-state index contributed by atoms with van der Waals surface area (Å²) >= 11 is 0. The molecular formula is C19H29BN2O5. The fraction of sp³-hybridized carbons (Fsp3) is 0.684. The summed E-state index contributed by atoms with van der Waals surface area (Å²) in [5.41, 5.74) is 0.144. The molecule has 1 aromatic rings. The topological polar surface area (TPSA) is 70.0 Å². The van der Waals surface area contributed by atoms with Crippen molar-refractivity contribution >= 4 is 24.6 Å². The molecule has 0 radical (unpaired) electrons. The van der Waals surface area contributed by atoms with Crippen molar-refractivity contribution in [2.24, 2.45) is 0 Å². The zero-order valence-electron chi connectivity index (χ0n) is 17.5. The van der Waals surface area contributed by atoms with Gasteiger partial charge in [0.1, 0.15) is 11.6 Å². The van der Waals surface area contributed by atoms with Crippen LogP contribution in [0.4, 0.5) is 4.79 Å². The van der Waals surface area contributed by atoms with Gasteiger partial charge >= 0.3 is 19.1 Å². The number of rotatable bonds is 3. The molecular weight excluding hydrogens is 347 g/mol. The molecule has 1 fully saturated rings. The second-order valence-electron chi connectivity index (χ2n) is 9.34. The number of carbonyl (C=O) groups excluding carboxylic acids is 2. The molecule has 0 saturated carbocycles. The number of nitrogens with zero attached hydrogens (tertiary/aromatic N) is 2. The Kier molecular flexibility index (Phi) is 4.51. The predicted molar refractivity (Wildman–Crippen MR) is 102 cm³/mol. The van der Waals surface area contributed by atoms with Gasteiger partial charge in [-0.1, -0.05) is 0 Å². The average Bonchev–Trinajstić information content (AvgIpc) is 3.09. The maximum Gasteiger partial charge on any atom is 0.496 e. The van der Waals surface area contributed by atoms with Crippen LogP contribution in [0.1, 0.15) is 61.1 Å². The van der Waals surface area contributed by atoms with E-state index in [1.54, 1.807) is 17.7 Å². The summed E-state index contributed by atoms with van der Waals surface area (Å²) < 4.78 is 19.1. The minimum Gasteiger partial charge on any atom is -0.458 e. The first kappa shape index (κ1) is 20.0. The maximum absolute atomic E-state index is 12.8. The standard InChI is InChI=1S/C19H29BN2O5/c1-12(15(23)25-17(2,3)4)21-11-14-9-13(10-22(14)16(21)24)20-26-18(5,6)19(7,8)27-20/h9-10,12H,11H2,1-8H3/t12-/m1/s1. The van der Waals surface area contributed by atoms with Gasteiger partial charge in [-0.3, -0.25) is 4.57 Å². The highest BCUT2D eigenvalue weighted by atomic mass is 16.7. The van der Waals surface area contributed by atoms with Gasteiger partial charge in [0.25, 0.3) is 0 Å². The van der Waals surface area contributed by atoms with Crippen LogP contribution in [0.25, 0.3) is 0 Å². The molecule has 7 nitrogen and oxygen atoms in total. The van der Waals surface area contributed by atoms with Crippen molar-refractivity contribution in [3.05, 3.63) is 18.0 Å². The van der Waals surface area contributed by atoms with Gasteiger partial charge in [-0.25, -0.2) is 9.59 Å². The number of amides is 1. The molecule has 0 bridgehead atoms. The number of ether oxygens (including phenoxy) is 1. The third-order valence-electron chi connectivity index (χ3n) is 5.45. The molecule has 0 N–H and O–H groups in total. The van der Waals surface area contributed by atoms with E-state index in [1.165, 1.54) is 4.90 Å². The second kappa shape index (κ2) is 6.11. The zero-order chi connectivity index (χ0) is 20.4. The zero-order valence-corrected chi connectivity index (χ0v) is 17.5. The molecule has 0 unspecified atom stereocenters. The smallest absolute Gasteiger partial charge is 0.458 e. The van der Waals surface area contributed by atoms with Crippen molar-refractivity contribution in [1.29, 1.82) is 0 Å². The summed E-state index contributed by atoms with van der Waals surface area (Å²) in [7, 11) is -0.516. The van der Waals surface area contributed by atoms with Crippen LogP contribution in [0.3, 0.4) is 0 Å². The largest absolute Gasteiger partial charge is 0.496 e. The lowest BCUT2D eigenvalue weighted by atomic mass is 9.81. The average molecular weight is 376 g/mol. The SMILES string of the molecule is C[C@H](C(=O)OC(C)(C)C)N1Cc2cc(B3OC(C)(C)C(C)(C)O3)cn2C1=O. The molecule has 1 atom stereocenters. The maximum atomic E-state index is 12.8. The molecule has 1 amide bonds. The summed E-state index contributed by atoms with van der Waals surface area (Å²) in [6, 6.07) is 1.00. The van der Waals surface area contributed by atoms with Crippen LogP contribution < -0.4 is 5.46 Å². The van der Waals surface area contributed by atoms with Gasteiger partial charge in [-0.2, -0.15) is 0 Å². The quantitative estimate of drug-likeness (QED) is 0.598. The van der Waals surface area contributed by atoms with Crippen molar-refractivity contribution < 1.29 is 23.6 Å². The van der Waals surface area contributed by atoms with Gasteiger partial charge in [0.2, 0.25) is 0 Å². The molecule has 2 aliphatic heterocycles. The Bertz CT molecular complexity index is 762. The molecule has 27 heavy (non-hydrogen) atoms. The molecule has 2 aliphatic rings. The normalized spacial score (nSPS) is 22.1. The Hall–Kier alpha value is -1.80. The van der Waals surface area contributed by atoms with Crippen molar-refractivity contribution in [3.63, 3.8) is 0 Å². The van der Waals surface area contributed by atoms with Crippen LogP contribution >= 0.6 is 0 Å². The van der Waals surface area contributed by atoms with Crippen LogP contribution in [0.2, 0.25) is 0 Å². The first-order valence-electron chi connectivity index (χ1n) is 9.32. The Morgan fingerprint density at radius 1 is 1.22 bits per heavy atom. The van der Waals surface area contributed by atoms with Gasteiger partial charge in [-0.15, -0.1) is 0 Å². The van der Waals surface area contributed by atoms with Gasteiger partial charge in [0, 0.05) is 17.4 Å². The van der Waals surface area contributed by atoms with E-state index in [-0.39, 0.29) is 6.03 Å². The summed E-state index contributed by atoms with van der Waals surface area (Å²) in [5, 5.41) is 0. The highest BCUT2D eigenvalue weighted by molar-refractivity contribution is 6.62. The number of carbonyl (C=O) groups is 2. The van der Waals surface area contributed by atoms with Gasteiger partial charge < -0.3 is 18.9 Å². The lowest BCUT2D eigenvalue weighted by molar-refractivity contribution is -0.159. The summed E-state index contributed by atoms with van der Waals surface area (Å²) in [6.45, 7) is 15.4. The third-order valence-corrected chi connectivity index (χ3v) is 5.45. The molecule has 0 spiro atoms. The number of hydrogen-bond acceptors (Lipinski definition) is 5. The van der Waals surface area contributed by atoms with E-state index >= 15 is 0 Å². The van der Waals surface area contributed by atoms with Crippen molar-refractivity contribution in [3.8, 4) is 0 Å². The summed E-state index contributed by atoms with van der Waals surface area (Å²) in [6.07, 6.45) is 1.74. The number of hydrogen-bond donors (Lipinski definition) is 0. The van der Waals surface area contributed by atoms with Crippen molar-refractivity contribution in [1.82, 2.24) is 9.47 Å². The van der Waals surface area contributed by atoms with Crippen LogP contribution in [-0.2, 0) is 25.4 Å². The van der Waals surface area contributed by atoms with Gasteiger partial charge in [0.15, 0.2) is 0 Å². The molecule has 1 saturated heterocycles. The molecule has 3 heterocycles. The van der Waals surface area contributed by atoms with E-state index in [9.17, 15) is 9.59 Å². The lowest BCUT2D eigenvalue weighted by Gasteiger charge is -2.32. The minimum atomic E-state index is -0.656. The third kappa shape index (κ3) is 3.52. The predicted octanol–water partition coefficient (Wildman–Crippen LogP) is 2.30. The van der Waals surface area contributed by atoms with E-state index in [1.807, 2.05) is 54.5 Å². The number of aromatic nitrogens is 1. The molecule has 3 rings (SSSR count). The van der Waals surface area contributed by atoms with E-state index < -0.39 is 35.9 Å². The lowest BCUT2D eigenvalue weighted by Crippen LogP contribution is -2.43. The van der Waals surface area contributed by atoms with Crippen molar-refractivity contribution in [2.45, 2.75) is 84.8 Å². The highest BCUT2D eigenvalue weighted by Gasteiger charge is 2.52. The molecule has 1 aromatic heterocycles. The first-order chi connectivity index (χ1) is 12.2. The van der Waals surface area contributed by atoms with Crippen molar-refractivity contribution in [2.75, 3.05) is 0 Å². The Morgan fingerprint density at radius 3 is 2.26 bits per heavy atom. The Morgan fingerprint density at radius 2 is 1.78 bits per heavy atom. The Balaban J connectivity index is 1.74. The fourth-order valence-electron chi connectivity index (χ4n) is 3.14. The Labute approximate surface area is 161 Å². The highest BCUT2D eigenvalue weighted by Crippen LogP contribution is 2.36. The summed E-state index contributed by atoms with van der Waals surface area (Å²) in [4.78, 5) is 26.6. The van der Waals surface area contributed by atoms with Gasteiger partial charge in [-0.05, 0) is 61.5 Å². The van der Waals surface area contributed by atoms with E-state index in [2.05, 4.69) is 0 Å². The van der Waals surface area contributed by atoms with E-state index in [4.69, 9.17) is 14.0 Å². The molecule has 0 aliphatic carbocycles. The first-order valence-corrected chi connectivity index (χ1v) is 9.32. The van der Waals surface area contributed by atoms with Crippen LogP contribution in [0.15, 0.2) is 12.3 Å². The van der Waals surface area contributed by atoms with E-state index in [0.717, 1.165) is 11.2 Å². The second-order valence-corrected chi connectivity index (χ2v) is 9.34. The molecule has 148 valence electrons. The van der Waals surface area contributed by atoms with Gasteiger partial charge in [0.05, 0.1) is 17.7 Å². The monoisotopic (exact) mass is 376 g/mol. The minimum absolute atomic E-state index is 0.244.